The van der Waals surface area contributed by atoms with E-state index in [1.807, 2.05) is 17.8 Å². The summed E-state index contributed by atoms with van der Waals surface area (Å²) in [6.07, 6.45) is 7.97. The molecule has 2 atom stereocenters. The van der Waals surface area contributed by atoms with Gasteiger partial charge in [-0.3, -0.25) is 4.90 Å². The van der Waals surface area contributed by atoms with Crippen LogP contribution in [0.3, 0.4) is 0 Å². The van der Waals surface area contributed by atoms with Crippen LogP contribution >= 0.6 is 0 Å². The summed E-state index contributed by atoms with van der Waals surface area (Å²) in [4.78, 5) is 6.86. The Bertz CT molecular complexity index is 668. The molecule has 2 heterocycles. The molecule has 2 aromatic rings. The molecule has 0 N–H and O–H groups in total. The third kappa shape index (κ3) is 3.32. The first kappa shape index (κ1) is 15.7. The smallest absolute Gasteiger partial charge is 0.146 e. The highest BCUT2D eigenvalue weighted by atomic mass is 16.5. The van der Waals surface area contributed by atoms with E-state index in [-0.39, 0.29) is 0 Å². The van der Waals surface area contributed by atoms with Gasteiger partial charge in [-0.1, -0.05) is 12.1 Å². The van der Waals surface area contributed by atoms with Gasteiger partial charge in [0.15, 0.2) is 0 Å². The highest BCUT2D eigenvalue weighted by Crippen LogP contribution is 2.30. The summed E-state index contributed by atoms with van der Waals surface area (Å²) >= 11 is 0. The molecule has 0 amide bonds. The van der Waals surface area contributed by atoms with Crippen LogP contribution in [0, 0.1) is 0 Å². The van der Waals surface area contributed by atoms with Gasteiger partial charge in [0.25, 0.3) is 0 Å². The Hall–Kier alpha value is -1.85. The first-order chi connectivity index (χ1) is 11.8. The zero-order valence-electron chi connectivity index (χ0n) is 14.2. The van der Waals surface area contributed by atoms with Crippen LogP contribution in [-0.2, 0) is 24.9 Å². The Labute approximate surface area is 143 Å². The van der Waals surface area contributed by atoms with E-state index in [2.05, 4.69) is 34.1 Å². The maximum absolute atomic E-state index is 5.90. The lowest BCUT2D eigenvalue weighted by Crippen LogP contribution is -2.47. The Morgan fingerprint density at radius 1 is 1.25 bits per heavy atom. The summed E-state index contributed by atoms with van der Waals surface area (Å²) in [5, 5.41) is 0. The summed E-state index contributed by atoms with van der Waals surface area (Å²) in [7, 11) is 1.98. The number of ether oxygens (including phenoxy) is 2. The molecule has 1 aromatic heterocycles. The lowest BCUT2D eigenvalue weighted by atomic mass is 10.1. The van der Waals surface area contributed by atoms with Gasteiger partial charge in [0, 0.05) is 38.6 Å². The monoisotopic (exact) mass is 327 g/mol. The van der Waals surface area contributed by atoms with E-state index in [0.29, 0.717) is 18.8 Å². The van der Waals surface area contributed by atoms with Gasteiger partial charge < -0.3 is 14.0 Å². The summed E-state index contributed by atoms with van der Waals surface area (Å²) < 4.78 is 13.7. The quantitative estimate of drug-likeness (QED) is 0.846. The molecule has 5 heteroatoms. The summed E-state index contributed by atoms with van der Waals surface area (Å²) in [5.41, 5.74) is 1.34. The predicted octanol–water partition coefficient (Wildman–Crippen LogP) is 2.75. The van der Waals surface area contributed by atoms with Gasteiger partial charge >= 0.3 is 0 Å². The van der Waals surface area contributed by atoms with Gasteiger partial charge in [0.05, 0.1) is 12.7 Å². The van der Waals surface area contributed by atoms with Gasteiger partial charge in [0.2, 0.25) is 0 Å². The van der Waals surface area contributed by atoms with Crippen molar-refractivity contribution in [3.05, 3.63) is 48.0 Å². The maximum Gasteiger partial charge on any atom is 0.146 e. The molecule has 1 aliphatic heterocycles. The molecule has 1 aromatic carbocycles. The van der Waals surface area contributed by atoms with Gasteiger partial charge in [0.1, 0.15) is 18.2 Å². The first-order valence-electron chi connectivity index (χ1n) is 8.83. The third-order valence-corrected chi connectivity index (χ3v) is 5.20. The van der Waals surface area contributed by atoms with Crippen molar-refractivity contribution >= 4 is 0 Å². The van der Waals surface area contributed by atoms with E-state index in [9.17, 15) is 0 Å². The van der Waals surface area contributed by atoms with Crippen LogP contribution in [0.2, 0.25) is 0 Å². The summed E-state index contributed by atoms with van der Waals surface area (Å²) in [6.45, 7) is 3.41. The standard InChI is InChI=1S/C19H25N3O2/c1-21-10-9-20-19(21)14-24-16-7-5-15(6-8-16)13-22-11-12-23-18-4-2-3-17(18)22/h5-10,17-18H,2-4,11-14H2,1H3/t17-,18+/m1/s1. The predicted molar refractivity (Wildman–Crippen MR) is 91.8 cm³/mol. The number of hydrogen-bond donors (Lipinski definition) is 0. The average molecular weight is 327 g/mol. The molecule has 0 radical (unpaired) electrons. The second-order valence-corrected chi connectivity index (χ2v) is 6.76. The fourth-order valence-corrected chi connectivity index (χ4v) is 3.81. The minimum atomic E-state index is 0.458. The number of aromatic nitrogens is 2. The molecule has 0 spiro atoms. The lowest BCUT2D eigenvalue weighted by Gasteiger charge is -2.37. The molecule has 2 aliphatic rings. The number of fused-ring (bicyclic) bond motifs is 1. The Balaban J connectivity index is 1.34. The highest BCUT2D eigenvalue weighted by molar-refractivity contribution is 5.27. The number of morpholine rings is 1. The number of hydrogen-bond acceptors (Lipinski definition) is 4. The number of aryl methyl sites for hydroxylation is 1. The van der Waals surface area contributed by atoms with Crippen molar-refractivity contribution in [2.45, 2.75) is 44.6 Å². The van der Waals surface area contributed by atoms with Crippen LogP contribution in [0.25, 0.3) is 0 Å². The maximum atomic E-state index is 5.90. The largest absolute Gasteiger partial charge is 0.486 e. The van der Waals surface area contributed by atoms with Crippen LogP contribution in [0.4, 0.5) is 0 Å². The minimum absolute atomic E-state index is 0.458. The van der Waals surface area contributed by atoms with Gasteiger partial charge in [-0.25, -0.2) is 4.98 Å². The highest BCUT2D eigenvalue weighted by Gasteiger charge is 2.35. The normalized spacial score (nSPS) is 24.0. The molecule has 0 bridgehead atoms. The van der Waals surface area contributed by atoms with E-state index >= 15 is 0 Å². The molecular formula is C19H25N3O2. The third-order valence-electron chi connectivity index (χ3n) is 5.20. The second-order valence-electron chi connectivity index (χ2n) is 6.76. The first-order valence-corrected chi connectivity index (χ1v) is 8.83. The van der Waals surface area contributed by atoms with Crippen molar-refractivity contribution in [2.75, 3.05) is 13.2 Å². The molecule has 4 rings (SSSR count). The number of imidazole rings is 1. The molecule has 1 saturated heterocycles. The fourth-order valence-electron chi connectivity index (χ4n) is 3.81. The number of benzene rings is 1. The van der Waals surface area contributed by atoms with E-state index in [4.69, 9.17) is 9.47 Å². The Morgan fingerprint density at radius 3 is 2.92 bits per heavy atom. The Kier molecular flexibility index (Phi) is 4.54. The molecule has 1 aliphatic carbocycles. The van der Waals surface area contributed by atoms with E-state index < -0.39 is 0 Å². The van der Waals surface area contributed by atoms with Gasteiger partial charge in [-0.2, -0.15) is 0 Å². The minimum Gasteiger partial charge on any atom is -0.486 e. The van der Waals surface area contributed by atoms with E-state index in [1.54, 1.807) is 6.20 Å². The van der Waals surface area contributed by atoms with Crippen LogP contribution in [0.15, 0.2) is 36.7 Å². The van der Waals surface area contributed by atoms with Crippen molar-refractivity contribution in [3.63, 3.8) is 0 Å². The van der Waals surface area contributed by atoms with Crippen LogP contribution < -0.4 is 4.74 Å². The topological polar surface area (TPSA) is 39.5 Å². The SMILES string of the molecule is Cn1ccnc1COc1ccc(CN2CCO[C@H]3CCC[C@H]32)cc1. The van der Waals surface area contributed by atoms with Crippen LogP contribution in [0.1, 0.15) is 30.7 Å². The molecule has 0 unspecified atom stereocenters. The van der Waals surface area contributed by atoms with Crippen molar-refractivity contribution in [1.29, 1.82) is 0 Å². The van der Waals surface area contributed by atoms with Gasteiger partial charge in [-0.05, 0) is 37.0 Å². The van der Waals surface area contributed by atoms with Crippen molar-refractivity contribution < 1.29 is 9.47 Å². The van der Waals surface area contributed by atoms with Crippen molar-refractivity contribution in [3.8, 4) is 5.75 Å². The van der Waals surface area contributed by atoms with E-state index in [1.165, 1.54) is 24.8 Å². The molecule has 128 valence electrons. The lowest BCUT2D eigenvalue weighted by molar-refractivity contribution is -0.0588. The molecular weight excluding hydrogens is 302 g/mol. The van der Waals surface area contributed by atoms with E-state index in [0.717, 1.165) is 31.3 Å². The van der Waals surface area contributed by atoms with Crippen molar-refractivity contribution in [1.82, 2.24) is 14.5 Å². The Morgan fingerprint density at radius 2 is 2.12 bits per heavy atom. The van der Waals surface area contributed by atoms with Crippen LogP contribution in [0.5, 0.6) is 5.75 Å². The van der Waals surface area contributed by atoms with Crippen molar-refractivity contribution in [2.24, 2.45) is 7.05 Å². The second kappa shape index (κ2) is 6.95. The van der Waals surface area contributed by atoms with Crippen LogP contribution in [-0.4, -0.2) is 39.7 Å². The average Bonchev–Trinajstić information content (AvgIpc) is 3.24. The fraction of sp³-hybridized carbons (Fsp3) is 0.526. The molecule has 2 fully saturated rings. The molecule has 24 heavy (non-hydrogen) atoms. The van der Waals surface area contributed by atoms with Gasteiger partial charge in [-0.15, -0.1) is 0 Å². The zero-order chi connectivity index (χ0) is 16.4. The number of nitrogens with zero attached hydrogens (tertiary/aromatic N) is 3. The zero-order valence-corrected chi connectivity index (χ0v) is 14.2. The molecule has 5 nitrogen and oxygen atoms in total. The number of rotatable bonds is 5. The summed E-state index contributed by atoms with van der Waals surface area (Å²) in [5.74, 6) is 1.82. The summed E-state index contributed by atoms with van der Waals surface area (Å²) in [6, 6.07) is 9.08. The molecule has 1 saturated carbocycles.